The Bertz CT molecular complexity index is 2520. The highest BCUT2D eigenvalue weighted by Gasteiger charge is 2.41. The molecule has 0 N–H and O–H groups in total. The normalized spacial score (nSPS) is 11.8. The van der Waals surface area contributed by atoms with Gasteiger partial charge in [-0.2, -0.15) is 4.39 Å². The average Bonchev–Trinajstić information content (AvgIpc) is 3.56. The molecule has 0 bridgehead atoms. The zero-order chi connectivity index (χ0) is 40.5. The van der Waals surface area contributed by atoms with Crippen molar-refractivity contribution in [3.05, 3.63) is 159 Å². The molecule has 0 fully saturated rings. The van der Waals surface area contributed by atoms with Gasteiger partial charge in [-0.3, -0.25) is 0 Å². The van der Waals surface area contributed by atoms with E-state index >= 15 is 22.0 Å². The molecule has 0 aliphatic heterocycles. The summed E-state index contributed by atoms with van der Waals surface area (Å²) in [6, 6.07) is 4.52. The molecule has 56 heavy (non-hydrogen) atoms. The predicted octanol–water partition coefficient (Wildman–Crippen LogP) is 11.2. The molecule has 6 aromatic rings. The lowest BCUT2D eigenvalue weighted by atomic mass is 10.00. The number of hydrogen-bond acceptors (Lipinski definition) is 3. The molecule has 0 spiro atoms. The van der Waals surface area contributed by atoms with Crippen LogP contribution in [0.25, 0.3) is 33.4 Å². The smallest absolute Gasteiger partial charge is 0.489 e. The highest BCUT2D eigenvalue weighted by molar-refractivity contribution is 6.40. The maximum absolute atomic E-state index is 15.7. The van der Waals surface area contributed by atoms with E-state index < -0.39 is 157 Å². The van der Waals surface area contributed by atoms with Gasteiger partial charge in [0, 0.05) is 34.2 Å². The molecule has 286 valence electrons. The van der Waals surface area contributed by atoms with E-state index in [0.29, 0.717) is 42.5 Å². The van der Waals surface area contributed by atoms with Crippen molar-refractivity contribution in [2.24, 2.45) is 0 Å². The van der Waals surface area contributed by atoms with E-state index in [0.717, 1.165) is 6.07 Å². The predicted molar refractivity (Wildman–Crippen MR) is 165 cm³/mol. The van der Waals surface area contributed by atoms with Crippen LogP contribution in [0.15, 0.2) is 60.7 Å². The average molecular weight is 800 g/mol. The second-order valence-electron chi connectivity index (χ2n) is 11.8. The first-order valence-corrected chi connectivity index (χ1v) is 15.4. The van der Waals surface area contributed by atoms with Crippen LogP contribution in [0.2, 0.25) is 0 Å². The minimum atomic E-state index is -2.96. The van der Waals surface area contributed by atoms with Crippen LogP contribution in [0.3, 0.4) is 0 Å². The topological polar surface area (TPSA) is 27.7 Å². The Balaban J connectivity index is 1.44. The van der Waals surface area contributed by atoms with Crippen molar-refractivity contribution in [1.82, 2.24) is 0 Å². The van der Waals surface area contributed by atoms with Gasteiger partial charge in [-0.05, 0) is 60.2 Å². The SMILES string of the molecule is Fc1ccc(-c2c(OB(Oc3ccc(F)c(F)c3-c3ccc(F)c(F)c3F)Oc3c(F)c(F)c(F)c4c3Cc3ccc(F)c(F)c3-4)ccc(F)c2F)c(F)c1F. The molecular weight excluding hydrogens is 788 g/mol. The second kappa shape index (κ2) is 14.1. The number of halogens is 15. The van der Waals surface area contributed by atoms with Crippen LogP contribution in [0.4, 0.5) is 65.9 Å². The quantitative estimate of drug-likeness (QED) is 0.0871. The second-order valence-corrected chi connectivity index (χ2v) is 11.8. The summed E-state index contributed by atoms with van der Waals surface area (Å²) in [6.07, 6.45) is -0.731. The highest BCUT2D eigenvalue weighted by Crippen LogP contribution is 2.48. The van der Waals surface area contributed by atoms with Crippen molar-refractivity contribution >= 4 is 7.32 Å². The molecule has 3 nitrogen and oxygen atoms in total. The third kappa shape index (κ3) is 6.10. The Hall–Kier alpha value is -6.27. The van der Waals surface area contributed by atoms with Gasteiger partial charge < -0.3 is 14.0 Å². The van der Waals surface area contributed by atoms with Crippen LogP contribution in [-0.2, 0) is 6.42 Å². The van der Waals surface area contributed by atoms with Crippen LogP contribution in [-0.4, -0.2) is 7.32 Å². The minimum Gasteiger partial charge on any atom is -0.489 e. The largest absolute Gasteiger partial charge is 0.864 e. The molecule has 6 aromatic carbocycles. The summed E-state index contributed by atoms with van der Waals surface area (Å²) in [5.74, 6) is -33.4. The molecule has 7 rings (SSSR count). The standard InChI is InChI=1S/C37H12BF15O3/c39-16-4-1-12-11-15-26(23(12)29(16)46)34(51)35(52)36(53)37(15)56-38(54-21-9-7-17(40)30(47)24(21)13-2-5-19(42)32(49)27(13)44)55-22-10-8-18(41)31(48)25(22)14-3-6-20(43)33(50)28(14)45/h1-10H,11H2. The van der Waals surface area contributed by atoms with Crippen LogP contribution in [0, 0.1) is 87.3 Å². The number of benzene rings is 6. The molecule has 0 aromatic heterocycles. The summed E-state index contributed by atoms with van der Waals surface area (Å²) in [5, 5.41) is 0. The van der Waals surface area contributed by atoms with Crippen molar-refractivity contribution in [3.8, 4) is 50.6 Å². The monoisotopic (exact) mass is 800 g/mol. The maximum atomic E-state index is 15.7. The van der Waals surface area contributed by atoms with Crippen LogP contribution < -0.4 is 14.0 Å². The van der Waals surface area contributed by atoms with Gasteiger partial charge in [0.25, 0.3) is 0 Å². The van der Waals surface area contributed by atoms with Crippen molar-refractivity contribution < 1.29 is 79.8 Å². The summed E-state index contributed by atoms with van der Waals surface area (Å²) >= 11 is 0. The van der Waals surface area contributed by atoms with Crippen molar-refractivity contribution in [3.63, 3.8) is 0 Å². The summed E-state index contributed by atoms with van der Waals surface area (Å²) in [4.78, 5) is 0. The molecule has 0 radical (unpaired) electrons. The van der Waals surface area contributed by atoms with E-state index in [2.05, 4.69) is 0 Å². The van der Waals surface area contributed by atoms with Gasteiger partial charge in [0.05, 0.1) is 11.1 Å². The van der Waals surface area contributed by atoms with Gasteiger partial charge >= 0.3 is 7.32 Å². The Morgan fingerprint density at radius 2 is 0.750 bits per heavy atom. The first-order valence-electron chi connectivity index (χ1n) is 15.4. The van der Waals surface area contributed by atoms with E-state index in [-0.39, 0.29) is 17.7 Å². The summed E-state index contributed by atoms with van der Waals surface area (Å²) < 4.78 is 237. The molecule has 0 saturated carbocycles. The van der Waals surface area contributed by atoms with Gasteiger partial charge in [-0.25, -0.2) is 61.5 Å². The molecular formula is C37H12BF15O3. The lowest BCUT2D eigenvalue weighted by Crippen LogP contribution is -2.38. The fourth-order valence-corrected chi connectivity index (χ4v) is 6.01. The zero-order valence-corrected chi connectivity index (χ0v) is 27.0. The van der Waals surface area contributed by atoms with Crippen LogP contribution in [0.5, 0.6) is 17.2 Å². The van der Waals surface area contributed by atoms with Gasteiger partial charge in [0.15, 0.2) is 81.4 Å². The fraction of sp³-hybridized carbons (Fsp3) is 0.0270. The van der Waals surface area contributed by atoms with Crippen LogP contribution in [0.1, 0.15) is 11.1 Å². The van der Waals surface area contributed by atoms with Gasteiger partial charge in [-0.15, -0.1) is 0 Å². The first-order chi connectivity index (χ1) is 26.5. The summed E-state index contributed by atoms with van der Waals surface area (Å²) in [7, 11) is -2.96. The van der Waals surface area contributed by atoms with E-state index in [1.54, 1.807) is 0 Å². The number of fused-ring (bicyclic) bond motifs is 3. The lowest BCUT2D eigenvalue weighted by Gasteiger charge is -2.22. The zero-order valence-electron chi connectivity index (χ0n) is 27.0. The van der Waals surface area contributed by atoms with E-state index in [9.17, 15) is 43.9 Å². The van der Waals surface area contributed by atoms with Gasteiger partial charge in [0.1, 0.15) is 17.2 Å². The third-order valence-corrected chi connectivity index (χ3v) is 8.56. The Morgan fingerprint density at radius 3 is 1.23 bits per heavy atom. The number of hydrogen-bond donors (Lipinski definition) is 0. The van der Waals surface area contributed by atoms with E-state index in [1.807, 2.05) is 0 Å². The van der Waals surface area contributed by atoms with Crippen LogP contribution >= 0.6 is 0 Å². The van der Waals surface area contributed by atoms with E-state index in [4.69, 9.17) is 14.0 Å². The Labute approximate surface area is 303 Å². The van der Waals surface area contributed by atoms with Crippen molar-refractivity contribution in [2.75, 3.05) is 0 Å². The third-order valence-electron chi connectivity index (χ3n) is 8.56. The fourth-order valence-electron chi connectivity index (χ4n) is 6.01. The summed E-state index contributed by atoms with van der Waals surface area (Å²) in [6.45, 7) is 0. The summed E-state index contributed by atoms with van der Waals surface area (Å²) in [5.41, 5.74) is -8.19. The molecule has 0 unspecified atom stereocenters. The minimum absolute atomic E-state index is 0.251. The Kier molecular flexibility index (Phi) is 9.58. The molecule has 1 aliphatic rings. The Morgan fingerprint density at radius 1 is 0.339 bits per heavy atom. The highest BCUT2D eigenvalue weighted by atomic mass is 19.2. The molecule has 0 amide bonds. The molecule has 0 atom stereocenters. The van der Waals surface area contributed by atoms with E-state index in [1.165, 1.54) is 0 Å². The molecule has 1 aliphatic carbocycles. The van der Waals surface area contributed by atoms with Gasteiger partial charge in [-0.1, -0.05) is 6.07 Å². The van der Waals surface area contributed by atoms with Gasteiger partial charge in [0.2, 0.25) is 5.82 Å². The first kappa shape index (κ1) is 38.0. The van der Waals surface area contributed by atoms with Crippen molar-refractivity contribution in [2.45, 2.75) is 6.42 Å². The molecule has 19 heteroatoms. The van der Waals surface area contributed by atoms with Crippen molar-refractivity contribution in [1.29, 1.82) is 0 Å². The lowest BCUT2D eigenvalue weighted by molar-refractivity contribution is 0.293. The number of rotatable bonds is 8. The molecule has 0 saturated heterocycles. The molecule has 0 heterocycles. The maximum Gasteiger partial charge on any atom is 0.864 e.